The molecule has 0 aromatic heterocycles. The molecule has 16 heavy (non-hydrogen) atoms. The average Bonchev–Trinajstić information content (AvgIpc) is 2.22. The number of amides is 1. The number of rotatable bonds is 5. The molecular formula is C11H18BNO3. The third-order valence-electron chi connectivity index (χ3n) is 1.96. The van der Waals surface area contributed by atoms with E-state index in [2.05, 4.69) is 11.9 Å². The lowest BCUT2D eigenvalue weighted by atomic mass is 9.79. The second kappa shape index (κ2) is 7.03. The van der Waals surface area contributed by atoms with Gasteiger partial charge in [-0.25, -0.2) is 0 Å². The summed E-state index contributed by atoms with van der Waals surface area (Å²) in [5.74, 6) is -0.255. The fourth-order valence-corrected chi connectivity index (χ4v) is 0.897. The van der Waals surface area contributed by atoms with E-state index in [1.54, 1.807) is 26.8 Å². The molecule has 5 heteroatoms. The van der Waals surface area contributed by atoms with Crippen LogP contribution in [0.15, 0.2) is 36.0 Å². The smallest absolute Gasteiger partial charge is 0.423 e. The lowest BCUT2D eigenvalue weighted by Gasteiger charge is -2.09. The minimum atomic E-state index is -1.59. The molecule has 4 nitrogen and oxygen atoms in total. The predicted molar refractivity (Wildman–Crippen MR) is 65.2 cm³/mol. The van der Waals surface area contributed by atoms with E-state index < -0.39 is 7.12 Å². The van der Waals surface area contributed by atoms with Gasteiger partial charge in [-0.1, -0.05) is 32.6 Å². The minimum Gasteiger partial charge on any atom is -0.423 e. The van der Waals surface area contributed by atoms with Crippen LogP contribution in [-0.2, 0) is 4.79 Å². The van der Waals surface area contributed by atoms with Gasteiger partial charge in [-0.2, -0.15) is 0 Å². The number of hydrogen-bond acceptors (Lipinski definition) is 3. The fraction of sp³-hybridized carbons (Fsp3) is 0.364. The topological polar surface area (TPSA) is 69.6 Å². The van der Waals surface area contributed by atoms with Gasteiger partial charge in [0, 0.05) is 11.6 Å². The first-order valence-electron chi connectivity index (χ1n) is 5.09. The third-order valence-corrected chi connectivity index (χ3v) is 1.96. The van der Waals surface area contributed by atoms with Crippen LogP contribution in [0.1, 0.15) is 20.8 Å². The van der Waals surface area contributed by atoms with Gasteiger partial charge >= 0.3 is 7.12 Å². The van der Waals surface area contributed by atoms with E-state index in [4.69, 9.17) is 10.0 Å². The van der Waals surface area contributed by atoms with Crippen LogP contribution in [0.25, 0.3) is 0 Å². The summed E-state index contributed by atoms with van der Waals surface area (Å²) in [5, 5.41) is 20.6. The largest absolute Gasteiger partial charge is 0.488 e. The average molecular weight is 223 g/mol. The standard InChI is InChI=1S/C11H18BNO3/c1-5-9(12(15)16)7-10(6-2)13-11(14)8(3)4/h5-8,15-16H,1H2,2-4H3,(H,13,14)/b9-7+,10-6+. The molecule has 0 fully saturated rings. The minimum absolute atomic E-state index is 0.125. The summed E-state index contributed by atoms with van der Waals surface area (Å²) >= 11 is 0. The molecule has 0 rings (SSSR count). The Balaban J connectivity index is 4.77. The molecule has 0 aromatic carbocycles. The van der Waals surface area contributed by atoms with Crippen LogP contribution in [0.4, 0.5) is 0 Å². The van der Waals surface area contributed by atoms with Crippen molar-refractivity contribution in [1.82, 2.24) is 5.32 Å². The molecule has 88 valence electrons. The van der Waals surface area contributed by atoms with E-state index in [-0.39, 0.29) is 17.3 Å². The van der Waals surface area contributed by atoms with Crippen LogP contribution in [0.5, 0.6) is 0 Å². The van der Waals surface area contributed by atoms with Crippen LogP contribution < -0.4 is 5.32 Å². The summed E-state index contributed by atoms with van der Waals surface area (Å²) in [5.41, 5.74) is 0.749. The Kier molecular flexibility index (Phi) is 6.45. The van der Waals surface area contributed by atoms with Gasteiger partial charge in [-0.3, -0.25) is 4.79 Å². The molecular weight excluding hydrogens is 205 g/mol. The van der Waals surface area contributed by atoms with Crippen LogP contribution in [0, 0.1) is 5.92 Å². The molecule has 0 heterocycles. The zero-order valence-electron chi connectivity index (χ0n) is 9.90. The van der Waals surface area contributed by atoms with Crippen LogP contribution in [0.3, 0.4) is 0 Å². The first-order chi connectivity index (χ1) is 7.42. The predicted octanol–water partition coefficient (Wildman–Crippen LogP) is 0.787. The number of carbonyl (C=O) groups excluding carboxylic acids is 1. The molecule has 0 aliphatic heterocycles. The van der Waals surface area contributed by atoms with E-state index in [0.717, 1.165) is 0 Å². The highest BCUT2D eigenvalue weighted by molar-refractivity contribution is 6.51. The van der Waals surface area contributed by atoms with E-state index in [1.807, 2.05) is 0 Å². The maximum absolute atomic E-state index is 11.4. The van der Waals surface area contributed by atoms with Crippen LogP contribution in [0.2, 0.25) is 0 Å². The number of allylic oxidation sites excluding steroid dienone is 4. The Labute approximate surface area is 96.5 Å². The second-order valence-corrected chi connectivity index (χ2v) is 3.61. The van der Waals surface area contributed by atoms with Gasteiger partial charge in [0.05, 0.1) is 0 Å². The highest BCUT2D eigenvalue weighted by Gasteiger charge is 2.13. The molecule has 0 saturated heterocycles. The Morgan fingerprint density at radius 3 is 2.31 bits per heavy atom. The number of nitrogens with one attached hydrogen (secondary N) is 1. The van der Waals surface area contributed by atoms with Gasteiger partial charge in [0.1, 0.15) is 0 Å². The van der Waals surface area contributed by atoms with Crippen molar-refractivity contribution in [3.05, 3.63) is 36.0 Å². The zero-order valence-corrected chi connectivity index (χ0v) is 9.90. The van der Waals surface area contributed by atoms with E-state index in [0.29, 0.717) is 5.70 Å². The molecule has 0 saturated carbocycles. The fourth-order valence-electron chi connectivity index (χ4n) is 0.897. The first-order valence-corrected chi connectivity index (χ1v) is 5.09. The number of hydrogen-bond donors (Lipinski definition) is 3. The van der Waals surface area contributed by atoms with Gasteiger partial charge in [0.15, 0.2) is 0 Å². The molecule has 0 spiro atoms. The maximum atomic E-state index is 11.4. The molecule has 1 amide bonds. The van der Waals surface area contributed by atoms with Crippen molar-refractivity contribution in [2.75, 3.05) is 0 Å². The lowest BCUT2D eigenvalue weighted by Crippen LogP contribution is -2.27. The van der Waals surface area contributed by atoms with E-state index in [1.165, 1.54) is 12.2 Å². The Morgan fingerprint density at radius 1 is 1.44 bits per heavy atom. The molecule has 0 aliphatic carbocycles. The van der Waals surface area contributed by atoms with Gasteiger partial charge < -0.3 is 15.4 Å². The third kappa shape index (κ3) is 4.95. The van der Waals surface area contributed by atoms with Crippen molar-refractivity contribution in [2.24, 2.45) is 5.92 Å². The summed E-state index contributed by atoms with van der Waals surface area (Å²) in [6, 6.07) is 0. The van der Waals surface area contributed by atoms with Crippen molar-refractivity contribution in [2.45, 2.75) is 20.8 Å². The van der Waals surface area contributed by atoms with Gasteiger partial charge in [-0.05, 0) is 18.5 Å². The van der Waals surface area contributed by atoms with Gasteiger partial charge in [-0.15, -0.1) is 0 Å². The summed E-state index contributed by atoms with van der Waals surface area (Å²) in [4.78, 5) is 11.4. The van der Waals surface area contributed by atoms with Crippen molar-refractivity contribution < 1.29 is 14.8 Å². The molecule has 0 radical (unpaired) electrons. The number of carbonyl (C=O) groups is 1. The Hall–Kier alpha value is -1.33. The highest BCUT2D eigenvalue weighted by Crippen LogP contribution is 2.04. The van der Waals surface area contributed by atoms with Crippen molar-refractivity contribution in [3.8, 4) is 0 Å². The van der Waals surface area contributed by atoms with Crippen molar-refractivity contribution >= 4 is 13.0 Å². The SMILES string of the molecule is C=C/C(=C\C(=C/C)NC(=O)C(C)C)B(O)O. The first kappa shape index (κ1) is 14.7. The second-order valence-electron chi connectivity index (χ2n) is 3.61. The van der Waals surface area contributed by atoms with E-state index >= 15 is 0 Å². The van der Waals surface area contributed by atoms with Crippen molar-refractivity contribution in [1.29, 1.82) is 0 Å². The Morgan fingerprint density at radius 2 is 2.00 bits per heavy atom. The molecule has 0 atom stereocenters. The van der Waals surface area contributed by atoms with E-state index in [9.17, 15) is 4.79 Å². The summed E-state index contributed by atoms with van der Waals surface area (Å²) in [6.07, 6.45) is 4.47. The lowest BCUT2D eigenvalue weighted by molar-refractivity contribution is -0.123. The normalized spacial score (nSPS) is 12.6. The quantitative estimate of drug-likeness (QED) is 0.476. The summed E-state index contributed by atoms with van der Waals surface area (Å²) in [7, 11) is -1.59. The van der Waals surface area contributed by atoms with Crippen molar-refractivity contribution in [3.63, 3.8) is 0 Å². The molecule has 0 aliphatic rings. The maximum Gasteiger partial charge on any atom is 0.488 e. The monoisotopic (exact) mass is 223 g/mol. The van der Waals surface area contributed by atoms with Crippen LogP contribution >= 0.6 is 0 Å². The molecule has 0 aromatic rings. The highest BCUT2D eigenvalue weighted by atomic mass is 16.4. The van der Waals surface area contributed by atoms with Gasteiger partial charge in [0.25, 0.3) is 0 Å². The van der Waals surface area contributed by atoms with Gasteiger partial charge in [0.2, 0.25) is 5.91 Å². The zero-order chi connectivity index (χ0) is 12.7. The van der Waals surface area contributed by atoms with Crippen LogP contribution in [-0.4, -0.2) is 23.1 Å². The molecule has 0 bridgehead atoms. The summed E-state index contributed by atoms with van der Waals surface area (Å²) in [6.45, 7) is 8.76. The molecule has 0 unspecified atom stereocenters. The molecule has 3 N–H and O–H groups in total. The Bertz CT molecular complexity index is 319. The summed E-state index contributed by atoms with van der Waals surface area (Å²) < 4.78 is 0.